The number of nitrogens with zero attached hydrogens (tertiary/aromatic N) is 2. The van der Waals surface area contributed by atoms with Crippen LogP contribution in [0.15, 0.2) is 65.1 Å². The van der Waals surface area contributed by atoms with Gasteiger partial charge in [-0.3, -0.25) is 0 Å². The van der Waals surface area contributed by atoms with Gasteiger partial charge in [0.2, 0.25) is 0 Å². The second-order valence-corrected chi connectivity index (χ2v) is 13.2. The van der Waals surface area contributed by atoms with E-state index in [0.29, 0.717) is 34.6 Å². The molecule has 0 radical (unpaired) electrons. The van der Waals surface area contributed by atoms with Crippen LogP contribution in [0.25, 0.3) is 10.1 Å². The number of benzene rings is 2. The van der Waals surface area contributed by atoms with Crippen molar-refractivity contribution in [2.24, 2.45) is 0 Å². The van der Waals surface area contributed by atoms with Gasteiger partial charge in [0.1, 0.15) is 40.5 Å². The first kappa shape index (κ1) is 28.0. The highest BCUT2D eigenvalue weighted by Crippen LogP contribution is 2.44. The second-order valence-electron chi connectivity index (χ2n) is 8.02. The molecule has 2 aromatic carbocycles. The molecule has 0 aliphatic carbocycles. The van der Waals surface area contributed by atoms with Crippen molar-refractivity contribution in [3.05, 3.63) is 82.9 Å². The van der Waals surface area contributed by atoms with Gasteiger partial charge in [0.05, 0.1) is 10.6 Å². The fourth-order valence-electron chi connectivity index (χ4n) is 3.54. The van der Waals surface area contributed by atoms with Crippen LogP contribution in [0, 0.1) is 24.1 Å². The van der Waals surface area contributed by atoms with Crippen molar-refractivity contribution in [2.75, 3.05) is 12.9 Å². The average Bonchev–Trinajstić information content (AvgIpc) is 3.23. The summed E-state index contributed by atoms with van der Waals surface area (Å²) in [4.78, 5) is 10.1. The van der Waals surface area contributed by atoms with Crippen molar-refractivity contribution in [2.45, 2.75) is 17.7 Å². The lowest BCUT2D eigenvalue weighted by atomic mass is 10.2. The normalized spacial score (nSPS) is 13.1. The number of thiophene rings is 1. The van der Waals surface area contributed by atoms with Crippen LogP contribution in [0.5, 0.6) is 11.5 Å². The number of nitrogens with one attached hydrogen (secondary N) is 1. The zero-order chi connectivity index (χ0) is 27.5. The van der Waals surface area contributed by atoms with E-state index < -0.39 is 29.7 Å². The molecule has 1 unspecified atom stereocenters. The third kappa shape index (κ3) is 6.32. The van der Waals surface area contributed by atoms with Crippen molar-refractivity contribution in [1.29, 1.82) is 5.26 Å². The van der Waals surface area contributed by atoms with Crippen LogP contribution in [-0.2, 0) is 21.1 Å². The Hall–Kier alpha value is -3.04. The number of aromatic nitrogens is 1. The van der Waals surface area contributed by atoms with Crippen LogP contribution >= 0.6 is 30.5 Å². The summed E-state index contributed by atoms with van der Waals surface area (Å²) in [7, 11) is -8.81. The maximum Gasteiger partial charge on any atom is 0.391 e. The summed E-state index contributed by atoms with van der Waals surface area (Å²) in [5.74, 6) is -0.864. The fraction of sp³-hybridized carbons (Fsp3) is 0.167. The third-order valence-electron chi connectivity index (χ3n) is 5.34. The lowest BCUT2D eigenvalue weighted by molar-refractivity contribution is -0.697. The summed E-state index contributed by atoms with van der Waals surface area (Å²) in [6.45, 7) is 2.50. The smallest absolute Gasteiger partial charge is 0.391 e. The number of pyridine rings is 1. The Morgan fingerprint density at radius 3 is 2.66 bits per heavy atom. The maximum atomic E-state index is 13.8. The molecule has 4 aromatic rings. The van der Waals surface area contributed by atoms with E-state index in [0.717, 1.165) is 29.5 Å². The highest BCUT2D eigenvalue weighted by Gasteiger charge is 2.29. The minimum absolute atomic E-state index is 0.0872. The largest absolute Gasteiger partial charge is 0.485 e. The van der Waals surface area contributed by atoms with Crippen LogP contribution in [0.1, 0.15) is 11.1 Å². The standard InChI is InChI=1S/C24H20ClFN3O6PS2/c1-16-22-21(8-7-20(23(22)25)34-12-11-29-9-3-2-4-10-29)37-24(16)38(32,33)28-15-36(30,31)35-18-6-5-17(14-27)19(26)13-18/h2-10,13,28H,11-12,15H2,1H3/p+1. The number of fused-ring (bicyclic) bond motifs is 1. The van der Waals surface area contributed by atoms with Crippen LogP contribution in [0.4, 0.5) is 4.39 Å². The van der Waals surface area contributed by atoms with Gasteiger partial charge in [-0.25, -0.2) is 21.9 Å². The van der Waals surface area contributed by atoms with Gasteiger partial charge in [-0.2, -0.15) is 9.98 Å². The predicted octanol–water partition coefficient (Wildman–Crippen LogP) is 4.74. The number of rotatable bonds is 10. The van der Waals surface area contributed by atoms with Crippen LogP contribution < -0.4 is 18.5 Å². The van der Waals surface area contributed by atoms with Crippen molar-refractivity contribution in [3.63, 3.8) is 0 Å². The van der Waals surface area contributed by atoms with Crippen molar-refractivity contribution >= 4 is 50.6 Å². The third-order valence-corrected chi connectivity index (χ3v) is 10.3. The lowest BCUT2D eigenvalue weighted by Crippen LogP contribution is -2.35. The number of hydrogen-bond donors (Lipinski definition) is 2. The molecule has 0 bridgehead atoms. The minimum atomic E-state index is -4.56. The Bertz CT molecular complexity index is 1690. The molecular formula is C24H21ClFN3O6PS2+. The zero-order valence-corrected chi connectivity index (χ0v) is 23.1. The second kappa shape index (κ2) is 11.4. The van der Waals surface area contributed by atoms with Gasteiger partial charge in [0, 0.05) is 28.3 Å². The molecule has 0 aliphatic rings. The Morgan fingerprint density at radius 2 is 1.97 bits per heavy atom. The first-order valence-electron chi connectivity index (χ1n) is 11.0. The zero-order valence-electron chi connectivity index (χ0n) is 19.8. The quantitative estimate of drug-likeness (QED) is 0.200. The molecular weight excluding hydrogens is 576 g/mol. The number of aryl methyl sites for hydroxylation is 1. The van der Waals surface area contributed by atoms with E-state index in [4.69, 9.17) is 26.1 Å². The van der Waals surface area contributed by atoms with Gasteiger partial charge in [-0.05, 0) is 36.8 Å². The summed E-state index contributed by atoms with van der Waals surface area (Å²) in [5, 5.41) is 9.54. The number of nitriles is 1. The molecule has 0 amide bonds. The summed E-state index contributed by atoms with van der Waals surface area (Å²) < 4.78 is 67.5. The summed E-state index contributed by atoms with van der Waals surface area (Å²) in [6, 6.07) is 13.7. The molecule has 2 heterocycles. The van der Waals surface area contributed by atoms with Gasteiger partial charge in [-0.15, -0.1) is 11.3 Å². The summed E-state index contributed by atoms with van der Waals surface area (Å²) in [5.41, 5.74) is 0.0848. The van der Waals surface area contributed by atoms with E-state index in [2.05, 4.69) is 4.72 Å². The molecule has 1 atom stereocenters. The number of ether oxygens (including phenoxy) is 1. The minimum Gasteiger partial charge on any atom is -0.485 e. The van der Waals surface area contributed by atoms with Gasteiger partial charge in [0.25, 0.3) is 10.0 Å². The van der Waals surface area contributed by atoms with Crippen molar-refractivity contribution in [3.8, 4) is 17.6 Å². The fourth-order valence-corrected chi connectivity index (χ4v) is 8.26. The monoisotopic (exact) mass is 596 g/mol. The molecule has 4 rings (SSSR count). The maximum absolute atomic E-state index is 13.8. The van der Waals surface area contributed by atoms with Gasteiger partial charge in [0.15, 0.2) is 18.9 Å². The molecule has 198 valence electrons. The van der Waals surface area contributed by atoms with Gasteiger partial charge >= 0.3 is 7.60 Å². The highest BCUT2D eigenvalue weighted by molar-refractivity contribution is 7.92. The molecule has 0 spiro atoms. The van der Waals surface area contributed by atoms with Crippen LogP contribution in [-0.4, -0.2) is 26.2 Å². The van der Waals surface area contributed by atoms with Crippen LogP contribution in [0.3, 0.4) is 0 Å². The molecule has 0 aliphatic heterocycles. The average molecular weight is 597 g/mol. The Morgan fingerprint density at radius 1 is 1.24 bits per heavy atom. The SMILES string of the molecule is Cc1c(S(=O)(=O)NCP(=O)(O)Oc2ccc(C#N)c(F)c2)sc2ccc(OCC[n+]3ccccc3)c(Cl)c12. The first-order valence-corrected chi connectivity index (χ1v) is 15.4. The molecule has 0 saturated heterocycles. The van der Waals surface area contributed by atoms with Gasteiger partial charge < -0.3 is 14.2 Å². The molecule has 14 heteroatoms. The molecule has 0 saturated carbocycles. The number of hydrogen-bond acceptors (Lipinski definition) is 7. The van der Waals surface area contributed by atoms with E-state index in [9.17, 15) is 22.3 Å². The highest BCUT2D eigenvalue weighted by atomic mass is 35.5. The first-order chi connectivity index (χ1) is 18.0. The Balaban J connectivity index is 1.48. The molecule has 9 nitrogen and oxygen atoms in total. The van der Waals surface area contributed by atoms with E-state index in [1.54, 1.807) is 25.1 Å². The van der Waals surface area contributed by atoms with Gasteiger partial charge in [-0.1, -0.05) is 17.7 Å². The summed E-state index contributed by atoms with van der Waals surface area (Å²) >= 11 is 7.52. The molecule has 38 heavy (non-hydrogen) atoms. The van der Waals surface area contributed by atoms with E-state index in [1.165, 1.54) is 0 Å². The topological polar surface area (TPSA) is 130 Å². The van der Waals surface area contributed by atoms with Crippen molar-refractivity contribution in [1.82, 2.24) is 4.72 Å². The van der Waals surface area contributed by atoms with E-state index in [-0.39, 0.29) is 20.5 Å². The van der Waals surface area contributed by atoms with E-state index in [1.807, 2.05) is 35.2 Å². The molecule has 2 aromatic heterocycles. The van der Waals surface area contributed by atoms with E-state index >= 15 is 0 Å². The molecule has 0 fully saturated rings. The van der Waals surface area contributed by atoms with Crippen LogP contribution in [0.2, 0.25) is 5.02 Å². The number of sulfonamides is 1. The number of halogens is 2. The molecule has 2 N–H and O–H groups in total. The summed E-state index contributed by atoms with van der Waals surface area (Å²) in [6.07, 6.45) is 2.84. The predicted molar refractivity (Wildman–Crippen MR) is 140 cm³/mol. The van der Waals surface area contributed by atoms with Crippen molar-refractivity contribution < 1.29 is 36.1 Å². The Kier molecular flexibility index (Phi) is 8.37. The lowest BCUT2D eigenvalue weighted by Gasteiger charge is -2.14. The Labute approximate surface area is 227 Å².